The highest BCUT2D eigenvalue weighted by Crippen LogP contribution is 2.33. The topological polar surface area (TPSA) is 49.6 Å². The van der Waals surface area contributed by atoms with Gasteiger partial charge in [-0.15, -0.1) is 0 Å². The maximum Gasteiger partial charge on any atom is 0.256 e. The van der Waals surface area contributed by atoms with E-state index in [1.54, 1.807) is 0 Å². The molecule has 0 radical (unpaired) electrons. The van der Waals surface area contributed by atoms with E-state index in [2.05, 4.69) is 54.3 Å². The molecule has 1 amide bonds. The average molecular weight is 488 g/mol. The van der Waals surface area contributed by atoms with Gasteiger partial charge in [-0.1, -0.05) is 61.0 Å². The summed E-state index contributed by atoms with van der Waals surface area (Å²) in [6, 6.07) is 21.0. The normalized spacial score (nSPS) is 16.6. The minimum atomic E-state index is 0.0482. The minimum Gasteiger partial charge on any atom is -0.399 e. The third-order valence-corrected chi connectivity index (χ3v) is 7.81. The van der Waals surface area contributed by atoms with E-state index in [0.29, 0.717) is 29.6 Å². The molecule has 3 aromatic rings. The largest absolute Gasteiger partial charge is 0.399 e. The van der Waals surface area contributed by atoms with Crippen LogP contribution in [0.25, 0.3) is 0 Å². The molecule has 2 aliphatic heterocycles. The number of nitrogen functional groups attached to an aromatic ring is 1. The van der Waals surface area contributed by atoms with Gasteiger partial charge in [-0.25, -0.2) is 0 Å². The fourth-order valence-corrected chi connectivity index (χ4v) is 5.78. The number of amides is 1. The molecule has 0 atom stereocenters. The third kappa shape index (κ3) is 5.55. The number of carbonyl (C=O) groups is 1. The number of carbonyl (C=O) groups excluding carboxylic acids is 1. The Kier molecular flexibility index (Phi) is 7.12. The van der Waals surface area contributed by atoms with Gasteiger partial charge in [0.25, 0.3) is 5.91 Å². The van der Waals surface area contributed by atoms with E-state index < -0.39 is 0 Å². The van der Waals surface area contributed by atoms with Gasteiger partial charge in [0, 0.05) is 25.3 Å². The molecule has 0 saturated carbocycles. The van der Waals surface area contributed by atoms with Gasteiger partial charge in [-0.2, -0.15) is 0 Å². The first kappa shape index (κ1) is 23.9. The molecule has 182 valence electrons. The minimum absolute atomic E-state index is 0.0482. The summed E-state index contributed by atoms with van der Waals surface area (Å²) in [5.74, 6) is 0.698. The van der Waals surface area contributed by atoms with Crippen LogP contribution in [0.3, 0.4) is 0 Å². The number of fused-ring (bicyclic) bond motifs is 1. The Morgan fingerprint density at radius 3 is 2.20 bits per heavy atom. The summed E-state index contributed by atoms with van der Waals surface area (Å²) >= 11 is 6.66. The Bertz CT molecular complexity index is 1180. The number of halogens is 1. The van der Waals surface area contributed by atoms with Gasteiger partial charge in [0.1, 0.15) is 0 Å². The molecule has 0 aliphatic carbocycles. The van der Waals surface area contributed by atoms with Gasteiger partial charge in [0.2, 0.25) is 0 Å². The lowest BCUT2D eigenvalue weighted by molar-refractivity contribution is 0.0767. The fourth-order valence-electron chi connectivity index (χ4n) is 5.44. The molecule has 5 rings (SSSR count). The molecular weight excluding hydrogens is 454 g/mol. The second-order valence-corrected chi connectivity index (χ2v) is 10.5. The van der Waals surface area contributed by atoms with Crippen LogP contribution in [0.4, 0.5) is 5.69 Å². The zero-order chi connectivity index (χ0) is 24.4. The number of nitrogens with two attached hydrogens (primary N) is 1. The van der Waals surface area contributed by atoms with Crippen LogP contribution in [0, 0.1) is 5.92 Å². The van der Waals surface area contributed by atoms with E-state index in [1.807, 2.05) is 23.1 Å². The molecule has 2 heterocycles. The number of aryl methyl sites for hydroxylation is 1. The summed E-state index contributed by atoms with van der Waals surface area (Å²) in [5, 5.41) is 0.604. The zero-order valence-corrected chi connectivity index (χ0v) is 21.2. The highest BCUT2D eigenvalue weighted by molar-refractivity contribution is 6.34. The predicted molar refractivity (Wildman–Crippen MR) is 143 cm³/mol. The lowest BCUT2D eigenvalue weighted by atomic mass is 9.89. The van der Waals surface area contributed by atoms with Gasteiger partial charge in [0.15, 0.2) is 0 Å². The molecule has 0 bridgehead atoms. The van der Waals surface area contributed by atoms with Crippen molar-refractivity contribution in [3.63, 3.8) is 0 Å². The quantitative estimate of drug-likeness (QED) is 0.410. The van der Waals surface area contributed by atoms with E-state index >= 15 is 0 Å². The molecule has 2 N–H and O–H groups in total. The molecule has 0 spiro atoms. The molecular formula is C30H34ClN3O. The zero-order valence-electron chi connectivity index (χ0n) is 20.5. The SMILES string of the molecule is CCc1ccc(CN2Cc3cc(CC4CCN(Cc5ccc(N)cc5)CC4)cc(Cl)c3C2=O)cc1. The van der Waals surface area contributed by atoms with E-state index in [1.165, 1.54) is 29.5 Å². The Hall–Kier alpha value is -2.82. The van der Waals surface area contributed by atoms with Crippen LogP contribution in [0.2, 0.25) is 5.02 Å². The van der Waals surface area contributed by atoms with Crippen molar-refractivity contribution in [1.82, 2.24) is 9.80 Å². The number of piperidine rings is 1. The second kappa shape index (κ2) is 10.4. The summed E-state index contributed by atoms with van der Waals surface area (Å²) < 4.78 is 0. The van der Waals surface area contributed by atoms with Crippen LogP contribution in [0.15, 0.2) is 60.7 Å². The van der Waals surface area contributed by atoms with Gasteiger partial charge in [0.05, 0.1) is 10.6 Å². The molecule has 1 fully saturated rings. The summed E-state index contributed by atoms with van der Waals surface area (Å²) in [6.07, 6.45) is 4.41. The van der Waals surface area contributed by atoms with Gasteiger partial charge in [-0.05, 0) is 90.7 Å². The third-order valence-electron chi connectivity index (χ3n) is 7.52. The number of benzene rings is 3. The van der Waals surface area contributed by atoms with Crippen LogP contribution in [0.5, 0.6) is 0 Å². The van der Waals surface area contributed by atoms with Crippen molar-refractivity contribution in [2.75, 3.05) is 18.8 Å². The maximum atomic E-state index is 13.1. The second-order valence-electron chi connectivity index (χ2n) is 10.1. The molecule has 2 aliphatic rings. The number of anilines is 1. The van der Waals surface area contributed by atoms with Crippen LogP contribution >= 0.6 is 11.6 Å². The van der Waals surface area contributed by atoms with Crippen molar-refractivity contribution >= 4 is 23.2 Å². The standard InChI is InChI=1S/C30H34ClN3O/c1-2-21-3-5-24(6-4-21)19-34-20-26-16-25(17-28(31)29(26)30(34)35)15-22-11-13-33(14-12-22)18-23-7-9-27(32)10-8-23/h3-10,16-17,22H,2,11-15,18-20,32H2,1H3. The van der Waals surface area contributed by atoms with Gasteiger partial charge >= 0.3 is 0 Å². The van der Waals surface area contributed by atoms with Gasteiger partial charge in [-0.3, -0.25) is 9.69 Å². The molecule has 35 heavy (non-hydrogen) atoms. The Morgan fingerprint density at radius 1 is 0.886 bits per heavy atom. The lowest BCUT2D eigenvalue weighted by Gasteiger charge is -2.32. The van der Waals surface area contributed by atoms with Crippen molar-refractivity contribution < 1.29 is 4.79 Å². The number of hydrogen-bond acceptors (Lipinski definition) is 3. The molecule has 5 heteroatoms. The molecule has 3 aromatic carbocycles. The van der Waals surface area contributed by atoms with Crippen molar-refractivity contribution in [1.29, 1.82) is 0 Å². The summed E-state index contributed by atoms with van der Waals surface area (Å²) in [7, 11) is 0. The number of hydrogen-bond donors (Lipinski definition) is 1. The van der Waals surface area contributed by atoms with Crippen molar-refractivity contribution in [2.45, 2.75) is 52.2 Å². The van der Waals surface area contributed by atoms with E-state index in [-0.39, 0.29) is 5.91 Å². The van der Waals surface area contributed by atoms with E-state index in [9.17, 15) is 4.79 Å². The van der Waals surface area contributed by atoms with E-state index in [4.69, 9.17) is 17.3 Å². The van der Waals surface area contributed by atoms with Crippen molar-refractivity contribution in [3.05, 3.63) is 99.1 Å². The molecule has 1 saturated heterocycles. The highest BCUT2D eigenvalue weighted by atomic mass is 35.5. The van der Waals surface area contributed by atoms with Crippen LogP contribution in [-0.4, -0.2) is 28.8 Å². The van der Waals surface area contributed by atoms with Crippen molar-refractivity contribution in [3.8, 4) is 0 Å². The average Bonchev–Trinajstić information content (AvgIpc) is 3.17. The first-order valence-corrected chi connectivity index (χ1v) is 13.1. The maximum absolute atomic E-state index is 13.1. The smallest absolute Gasteiger partial charge is 0.256 e. The lowest BCUT2D eigenvalue weighted by Crippen LogP contribution is -2.33. The summed E-state index contributed by atoms with van der Waals surface area (Å²) in [6.45, 7) is 6.61. The molecule has 4 nitrogen and oxygen atoms in total. The van der Waals surface area contributed by atoms with Gasteiger partial charge < -0.3 is 10.6 Å². The number of rotatable bonds is 7. The Labute approximate surface area is 213 Å². The van der Waals surface area contributed by atoms with Crippen LogP contribution < -0.4 is 5.73 Å². The number of nitrogens with zero attached hydrogens (tertiary/aromatic N) is 2. The Balaban J connectivity index is 1.18. The summed E-state index contributed by atoms with van der Waals surface area (Å²) in [5.41, 5.74) is 13.4. The molecule has 0 unspecified atom stereocenters. The highest BCUT2D eigenvalue weighted by Gasteiger charge is 2.30. The first-order valence-electron chi connectivity index (χ1n) is 12.7. The fraction of sp³-hybridized carbons (Fsp3) is 0.367. The predicted octanol–water partition coefficient (Wildman–Crippen LogP) is 6.10. The van der Waals surface area contributed by atoms with Crippen LogP contribution in [0.1, 0.15) is 57.9 Å². The van der Waals surface area contributed by atoms with Crippen LogP contribution in [-0.2, 0) is 32.5 Å². The monoisotopic (exact) mass is 487 g/mol. The number of likely N-dealkylation sites (tertiary alicyclic amines) is 1. The Morgan fingerprint density at radius 2 is 1.51 bits per heavy atom. The molecule has 0 aromatic heterocycles. The van der Waals surface area contributed by atoms with E-state index in [0.717, 1.165) is 49.3 Å². The first-order chi connectivity index (χ1) is 17.0. The van der Waals surface area contributed by atoms with Crippen molar-refractivity contribution in [2.24, 2.45) is 5.92 Å². The summed E-state index contributed by atoms with van der Waals surface area (Å²) in [4.78, 5) is 17.5.